The predicted molar refractivity (Wildman–Crippen MR) is 122 cm³/mol. The summed E-state index contributed by atoms with van der Waals surface area (Å²) in [5.74, 6) is 0.626. The van der Waals surface area contributed by atoms with E-state index in [1.54, 1.807) is 24.5 Å². The highest BCUT2D eigenvalue weighted by Crippen LogP contribution is 2.54. The summed E-state index contributed by atoms with van der Waals surface area (Å²) in [4.78, 5) is 17.1. The first-order valence-electron chi connectivity index (χ1n) is 10.5. The number of amidine groups is 1. The molecule has 0 radical (unpaired) electrons. The predicted octanol–water partition coefficient (Wildman–Crippen LogP) is 4.05. The van der Waals surface area contributed by atoms with E-state index >= 15 is 0 Å². The number of fused-ring (bicyclic) bond motifs is 4. The van der Waals surface area contributed by atoms with Gasteiger partial charge in [-0.25, -0.2) is 15.0 Å². The van der Waals surface area contributed by atoms with E-state index in [0.717, 1.165) is 16.7 Å². The molecule has 0 fully saturated rings. The van der Waals surface area contributed by atoms with Crippen molar-refractivity contribution < 1.29 is 18.6 Å². The number of halogens is 1. The van der Waals surface area contributed by atoms with Crippen LogP contribution in [-0.4, -0.2) is 34.7 Å². The molecule has 5 heterocycles. The first-order valence-corrected chi connectivity index (χ1v) is 10.5. The molecule has 2 aliphatic heterocycles. The molecule has 2 N–H and O–H groups in total. The first kappa shape index (κ1) is 20.1. The number of hydrogen-bond donors (Lipinski definition) is 1. The quantitative estimate of drug-likeness (QED) is 0.465. The number of pyridine rings is 3. The molecule has 8 nitrogen and oxygen atoms in total. The summed E-state index contributed by atoms with van der Waals surface area (Å²) in [5.41, 5.74) is 9.36. The fourth-order valence-electron chi connectivity index (χ4n) is 4.38. The largest absolute Gasteiger partial charge is 0.478 e. The number of ether oxygens (including phenoxy) is 3. The Kier molecular flexibility index (Phi) is 4.44. The Morgan fingerprint density at radius 1 is 1.03 bits per heavy atom. The third-order valence-corrected chi connectivity index (χ3v) is 5.97. The monoisotopic (exact) mass is 455 g/mol. The van der Waals surface area contributed by atoms with Crippen LogP contribution in [0.4, 0.5) is 4.39 Å². The molecular weight excluding hydrogens is 437 g/mol. The second kappa shape index (κ2) is 7.51. The standard InChI is InChI=1S/C25H18FN5O3/c1-32-23-22-18(11-19(30-23)15-6-8-29-21(26)10-15)25(13-33-24(27)31-25)17-9-14(4-5-20(17)34-22)16-3-2-7-28-12-16/h2-12H,13H2,1H3,(H2,27,31). The van der Waals surface area contributed by atoms with Crippen LogP contribution in [0.5, 0.6) is 17.4 Å². The van der Waals surface area contributed by atoms with Crippen molar-refractivity contribution in [2.75, 3.05) is 13.7 Å². The second-order valence-electron chi connectivity index (χ2n) is 7.91. The summed E-state index contributed by atoms with van der Waals surface area (Å²) in [7, 11) is 1.50. The van der Waals surface area contributed by atoms with Crippen molar-refractivity contribution >= 4 is 6.02 Å². The van der Waals surface area contributed by atoms with Crippen LogP contribution in [0.25, 0.3) is 22.4 Å². The molecule has 0 amide bonds. The van der Waals surface area contributed by atoms with E-state index in [1.807, 2.05) is 30.3 Å². The molecule has 6 rings (SSSR count). The smallest absolute Gasteiger partial charge is 0.283 e. The molecule has 9 heteroatoms. The molecule has 4 aromatic rings. The lowest BCUT2D eigenvalue weighted by Gasteiger charge is -2.34. The van der Waals surface area contributed by atoms with Crippen LogP contribution in [0.1, 0.15) is 11.1 Å². The van der Waals surface area contributed by atoms with Gasteiger partial charge in [0.1, 0.15) is 12.4 Å². The fraction of sp³-hybridized carbons (Fsp3) is 0.120. The van der Waals surface area contributed by atoms with Crippen molar-refractivity contribution in [2.45, 2.75) is 5.54 Å². The summed E-state index contributed by atoms with van der Waals surface area (Å²) >= 11 is 0. The third-order valence-electron chi connectivity index (χ3n) is 5.97. The molecule has 1 aromatic carbocycles. The Morgan fingerprint density at radius 3 is 2.68 bits per heavy atom. The topological polar surface area (TPSA) is 105 Å². The Bertz CT molecular complexity index is 1460. The Labute approximate surface area is 193 Å². The van der Waals surface area contributed by atoms with Crippen LogP contribution >= 0.6 is 0 Å². The van der Waals surface area contributed by atoms with Gasteiger partial charge >= 0.3 is 0 Å². The zero-order valence-corrected chi connectivity index (χ0v) is 18.0. The zero-order valence-electron chi connectivity index (χ0n) is 18.0. The summed E-state index contributed by atoms with van der Waals surface area (Å²) in [5, 5.41) is 0. The lowest BCUT2D eigenvalue weighted by molar-refractivity contribution is 0.260. The van der Waals surface area contributed by atoms with E-state index in [1.165, 1.54) is 19.4 Å². The van der Waals surface area contributed by atoms with Gasteiger partial charge in [0.2, 0.25) is 5.95 Å². The number of aliphatic imine (C=N–C) groups is 1. The van der Waals surface area contributed by atoms with Gasteiger partial charge in [0, 0.05) is 46.9 Å². The Hall–Kier alpha value is -4.53. The highest BCUT2D eigenvalue weighted by molar-refractivity contribution is 5.79. The molecule has 0 saturated carbocycles. The summed E-state index contributed by atoms with van der Waals surface area (Å²) < 4.78 is 31.4. The van der Waals surface area contributed by atoms with E-state index in [4.69, 9.17) is 24.9 Å². The molecule has 34 heavy (non-hydrogen) atoms. The number of hydrogen-bond acceptors (Lipinski definition) is 8. The number of benzene rings is 1. The second-order valence-corrected chi connectivity index (χ2v) is 7.91. The van der Waals surface area contributed by atoms with Gasteiger partial charge in [0.15, 0.2) is 11.3 Å². The van der Waals surface area contributed by atoms with E-state index in [9.17, 15) is 4.39 Å². The van der Waals surface area contributed by atoms with Gasteiger partial charge in [-0.3, -0.25) is 4.98 Å². The number of nitrogens with two attached hydrogens (primary N) is 1. The van der Waals surface area contributed by atoms with Crippen molar-refractivity contribution in [3.8, 4) is 39.8 Å². The number of nitrogens with zero attached hydrogens (tertiary/aromatic N) is 4. The van der Waals surface area contributed by atoms with Gasteiger partial charge in [0.25, 0.3) is 11.9 Å². The Morgan fingerprint density at radius 2 is 1.94 bits per heavy atom. The van der Waals surface area contributed by atoms with Crippen LogP contribution in [-0.2, 0) is 10.3 Å². The first-order chi connectivity index (χ1) is 16.6. The van der Waals surface area contributed by atoms with Crippen LogP contribution in [0, 0.1) is 5.95 Å². The molecular formula is C25H18FN5O3. The average molecular weight is 455 g/mol. The van der Waals surface area contributed by atoms with Gasteiger partial charge in [-0.15, -0.1) is 0 Å². The van der Waals surface area contributed by atoms with Gasteiger partial charge in [-0.2, -0.15) is 4.39 Å². The summed E-state index contributed by atoms with van der Waals surface area (Å²) in [6.45, 7) is 0.163. The van der Waals surface area contributed by atoms with Gasteiger partial charge < -0.3 is 19.9 Å². The highest BCUT2D eigenvalue weighted by Gasteiger charge is 2.48. The molecule has 0 saturated heterocycles. The minimum Gasteiger partial charge on any atom is -0.478 e. The van der Waals surface area contributed by atoms with Crippen LogP contribution in [0.3, 0.4) is 0 Å². The fourth-order valence-corrected chi connectivity index (χ4v) is 4.38. The molecule has 168 valence electrons. The maximum Gasteiger partial charge on any atom is 0.283 e. The van der Waals surface area contributed by atoms with Gasteiger partial charge in [0.05, 0.1) is 12.8 Å². The average Bonchev–Trinajstić information content (AvgIpc) is 3.26. The normalized spacial score (nSPS) is 17.9. The van der Waals surface area contributed by atoms with Crippen molar-refractivity contribution in [3.63, 3.8) is 0 Å². The molecule has 1 unspecified atom stereocenters. The Balaban J connectivity index is 1.60. The van der Waals surface area contributed by atoms with Gasteiger partial charge in [-0.1, -0.05) is 12.1 Å². The minimum absolute atomic E-state index is 0.0675. The number of aromatic nitrogens is 3. The molecule has 1 spiro atoms. The zero-order chi connectivity index (χ0) is 23.3. The SMILES string of the molecule is COc1nc(-c2ccnc(F)c2)cc2c1Oc1ccc(-c3cccnc3)cc1C21COC(N)=N1. The van der Waals surface area contributed by atoms with Crippen LogP contribution in [0.2, 0.25) is 0 Å². The maximum absolute atomic E-state index is 13.9. The molecule has 0 aliphatic carbocycles. The van der Waals surface area contributed by atoms with Crippen LogP contribution in [0.15, 0.2) is 72.1 Å². The minimum atomic E-state index is -0.998. The van der Waals surface area contributed by atoms with Crippen molar-refractivity contribution in [2.24, 2.45) is 10.7 Å². The highest BCUT2D eigenvalue weighted by atomic mass is 19.1. The van der Waals surface area contributed by atoms with Gasteiger partial charge in [-0.05, 0) is 35.9 Å². The summed E-state index contributed by atoms with van der Waals surface area (Å²) in [6.07, 6.45) is 4.90. The third kappa shape index (κ3) is 3.05. The van der Waals surface area contributed by atoms with Crippen LogP contribution < -0.4 is 15.2 Å². The van der Waals surface area contributed by atoms with E-state index in [-0.39, 0.29) is 18.5 Å². The van der Waals surface area contributed by atoms with Crippen molar-refractivity contribution in [1.29, 1.82) is 0 Å². The molecule has 2 aliphatic rings. The lowest BCUT2D eigenvalue weighted by Crippen LogP contribution is -2.31. The maximum atomic E-state index is 13.9. The lowest BCUT2D eigenvalue weighted by atomic mass is 9.80. The van der Waals surface area contributed by atoms with Crippen molar-refractivity contribution in [1.82, 2.24) is 15.0 Å². The molecule has 1 atom stereocenters. The van der Waals surface area contributed by atoms with E-state index < -0.39 is 11.5 Å². The number of methoxy groups -OCH3 is 1. The van der Waals surface area contributed by atoms with Crippen molar-refractivity contribution in [3.05, 3.63) is 84.2 Å². The van der Waals surface area contributed by atoms with E-state index in [2.05, 4.69) is 15.0 Å². The number of rotatable bonds is 3. The summed E-state index contributed by atoms with van der Waals surface area (Å²) in [6, 6.07) is 14.5. The molecule has 0 bridgehead atoms. The van der Waals surface area contributed by atoms with E-state index in [0.29, 0.717) is 28.3 Å². The molecule has 3 aromatic heterocycles.